The highest BCUT2D eigenvalue weighted by Gasteiger charge is 2.40. The van der Waals surface area contributed by atoms with Gasteiger partial charge in [-0.1, -0.05) is 23.7 Å². The highest BCUT2D eigenvalue weighted by Crippen LogP contribution is 2.38. The van der Waals surface area contributed by atoms with Crippen molar-refractivity contribution in [2.45, 2.75) is 31.5 Å². The summed E-state index contributed by atoms with van der Waals surface area (Å²) in [5, 5.41) is 27.1. The van der Waals surface area contributed by atoms with Gasteiger partial charge in [-0.15, -0.1) is 10.2 Å². The molecule has 4 N–H and O–H groups in total. The molecule has 2 aliphatic rings. The number of ether oxygens (including phenoxy) is 7. The number of nitrogens with zero attached hydrogens (tertiary/aromatic N) is 5. The van der Waals surface area contributed by atoms with E-state index >= 15 is 0 Å². The molecular formula is C34H45BClN6O10. The van der Waals surface area contributed by atoms with Crippen molar-refractivity contribution in [1.29, 1.82) is 0 Å². The zero-order valence-electron chi connectivity index (χ0n) is 28.9. The second-order valence-corrected chi connectivity index (χ2v) is 12.4. The van der Waals surface area contributed by atoms with Gasteiger partial charge in [-0.2, -0.15) is 0 Å². The third kappa shape index (κ3) is 11.8. The van der Waals surface area contributed by atoms with E-state index in [1.165, 1.54) is 6.07 Å². The second-order valence-electron chi connectivity index (χ2n) is 12.0. The Bertz CT molecular complexity index is 1550. The van der Waals surface area contributed by atoms with E-state index < -0.39 is 5.97 Å². The summed E-state index contributed by atoms with van der Waals surface area (Å²) in [7, 11) is 0.767. The number of anilines is 3. The maximum atomic E-state index is 11.8. The summed E-state index contributed by atoms with van der Waals surface area (Å²) in [4.78, 5) is 20.9. The SMILES string of the molecule is Nc1nnc(Cl)cc1N1CC2CCC(C1)N2c1ccnc(OCCOCCOCCOCCOCCOCC(=O)OCc2cccc(O)c2[B]O)c1. The van der Waals surface area contributed by atoms with Crippen LogP contribution < -0.4 is 25.7 Å². The van der Waals surface area contributed by atoms with Crippen LogP contribution in [0.4, 0.5) is 17.2 Å². The number of pyridine rings is 1. The number of piperazine rings is 1. The number of phenols is 1. The van der Waals surface area contributed by atoms with Gasteiger partial charge in [0.05, 0.1) is 65.1 Å². The molecule has 2 aliphatic heterocycles. The standard InChI is InChI=1S/C34H45BClN6O10/c36-30-19-28(34(37)40-39-30)41-20-26-4-5-27(21-41)42(26)25-6-7-38-31(18-25)51-17-16-49-13-12-47-9-8-46-10-11-48-14-15-50-23-32(44)52-22-24-2-1-3-29(43)33(24)35-45/h1-3,6-7,18-19,26-27,43,45H,4-5,8-17,20-23H2,(H2,37,40). The summed E-state index contributed by atoms with van der Waals surface area (Å²) in [6, 6.07) is 11.1. The molecule has 5 rings (SSSR count). The molecule has 2 saturated heterocycles. The van der Waals surface area contributed by atoms with Gasteiger partial charge in [-0.25, -0.2) is 9.78 Å². The van der Waals surface area contributed by atoms with E-state index in [2.05, 4.69) is 25.0 Å². The minimum atomic E-state index is -0.569. The Hall–Kier alpha value is -3.97. The number of halogens is 1. The van der Waals surface area contributed by atoms with Crippen LogP contribution in [-0.4, -0.2) is 137 Å². The number of esters is 1. The summed E-state index contributed by atoms with van der Waals surface area (Å²) >= 11 is 6.09. The minimum Gasteiger partial charge on any atom is -0.508 e. The zero-order chi connectivity index (χ0) is 36.5. The molecule has 281 valence electrons. The molecule has 0 spiro atoms. The first-order chi connectivity index (χ1) is 25.4. The van der Waals surface area contributed by atoms with Gasteiger partial charge in [-0.3, -0.25) is 0 Å². The van der Waals surface area contributed by atoms with Crippen LogP contribution in [0.2, 0.25) is 5.15 Å². The summed E-state index contributed by atoms with van der Waals surface area (Å²) in [5.74, 6) is 0.276. The van der Waals surface area contributed by atoms with E-state index in [4.69, 9.17) is 50.5 Å². The van der Waals surface area contributed by atoms with Crippen LogP contribution in [0.5, 0.6) is 11.6 Å². The predicted molar refractivity (Wildman–Crippen MR) is 192 cm³/mol. The number of aromatic hydroxyl groups is 1. The number of hydrogen-bond donors (Lipinski definition) is 3. The fraction of sp³-hybridized carbons (Fsp3) is 0.529. The maximum absolute atomic E-state index is 11.8. The smallest absolute Gasteiger partial charge is 0.332 e. The number of nitrogen functional groups attached to an aromatic ring is 1. The lowest BCUT2D eigenvalue weighted by Crippen LogP contribution is -2.54. The molecule has 0 saturated carbocycles. The molecule has 2 bridgehead atoms. The lowest BCUT2D eigenvalue weighted by molar-refractivity contribution is -0.150. The summed E-state index contributed by atoms with van der Waals surface area (Å²) in [5.41, 5.74) is 8.70. The highest BCUT2D eigenvalue weighted by molar-refractivity contribution is 6.47. The molecule has 1 radical (unpaired) electrons. The van der Waals surface area contributed by atoms with Crippen LogP contribution in [0.3, 0.4) is 0 Å². The highest BCUT2D eigenvalue weighted by atomic mass is 35.5. The van der Waals surface area contributed by atoms with Crippen molar-refractivity contribution in [2.24, 2.45) is 0 Å². The average molecular weight is 744 g/mol. The van der Waals surface area contributed by atoms with Crippen molar-refractivity contribution >= 4 is 47.7 Å². The van der Waals surface area contributed by atoms with Gasteiger partial charge >= 0.3 is 13.5 Å². The van der Waals surface area contributed by atoms with Crippen LogP contribution in [0.15, 0.2) is 42.6 Å². The summed E-state index contributed by atoms with van der Waals surface area (Å²) in [6.45, 7) is 5.07. The first-order valence-electron chi connectivity index (χ1n) is 17.2. The van der Waals surface area contributed by atoms with E-state index in [1.807, 2.05) is 12.1 Å². The van der Waals surface area contributed by atoms with E-state index in [9.17, 15) is 14.9 Å². The molecule has 2 fully saturated rings. The monoisotopic (exact) mass is 743 g/mol. The largest absolute Gasteiger partial charge is 0.508 e. The number of rotatable bonds is 23. The van der Waals surface area contributed by atoms with E-state index in [-0.39, 0.29) is 31.0 Å². The lowest BCUT2D eigenvalue weighted by Gasteiger charge is -2.43. The number of carbonyl (C=O) groups excluding carboxylic acids is 1. The number of nitrogens with two attached hydrogens (primary N) is 1. The van der Waals surface area contributed by atoms with E-state index in [0.29, 0.717) is 94.0 Å². The molecule has 18 heteroatoms. The normalized spacial score (nSPS) is 16.7. The topological polar surface area (TPSA) is 193 Å². The second kappa shape index (κ2) is 20.9. The fourth-order valence-corrected chi connectivity index (χ4v) is 6.24. The van der Waals surface area contributed by atoms with Gasteiger partial charge in [-0.05, 0) is 36.0 Å². The molecule has 52 heavy (non-hydrogen) atoms. The van der Waals surface area contributed by atoms with Gasteiger partial charge < -0.3 is 58.8 Å². The lowest BCUT2D eigenvalue weighted by atomic mass is 9.83. The first-order valence-corrected chi connectivity index (χ1v) is 17.5. The molecule has 3 aromatic rings. The number of carbonyl (C=O) groups is 1. The molecule has 16 nitrogen and oxygen atoms in total. The van der Waals surface area contributed by atoms with Gasteiger partial charge in [0, 0.05) is 49.2 Å². The third-order valence-electron chi connectivity index (χ3n) is 8.49. The Labute approximate surface area is 308 Å². The van der Waals surface area contributed by atoms with Crippen LogP contribution in [0.25, 0.3) is 0 Å². The fourth-order valence-electron chi connectivity index (χ4n) is 6.10. The van der Waals surface area contributed by atoms with Crippen molar-refractivity contribution in [3.05, 3.63) is 53.3 Å². The Kier molecular flexibility index (Phi) is 15.8. The first kappa shape index (κ1) is 39.2. The van der Waals surface area contributed by atoms with Crippen LogP contribution in [-0.2, 0) is 39.8 Å². The van der Waals surface area contributed by atoms with Gasteiger partial charge in [0.1, 0.15) is 25.6 Å². The number of phenolic OH excluding ortho intramolecular Hbond substituents is 1. The molecule has 2 atom stereocenters. The maximum Gasteiger partial charge on any atom is 0.332 e. The van der Waals surface area contributed by atoms with E-state index in [1.54, 1.807) is 24.4 Å². The molecule has 2 unspecified atom stereocenters. The number of fused-ring (bicyclic) bond motifs is 2. The van der Waals surface area contributed by atoms with Crippen LogP contribution in [0.1, 0.15) is 18.4 Å². The number of aromatic nitrogens is 3. The molecule has 0 amide bonds. The number of hydrogen-bond acceptors (Lipinski definition) is 16. The average Bonchev–Trinajstić information content (AvgIpc) is 3.41. The van der Waals surface area contributed by atoms with E-state index in [0.717, 1.165) is 44.8 Å². The third-order valence-corrected chi connectivity index (χ3v) is 8.67. The zero-order valence-corrected chi connectivity index (χ0v) is 29.7. The summed E-state index contributed by atoms with van der Waals surface area (Å²) < 4.78 is 38.3. The van der Waals surface area contributed by atoms with Crippen LogP contribution >= 0.6 is 11.6 Å². The predicted octanol–water partition coefficient (Wildman–Crippen LogP) is 1.11. The Morgan fingerprint density at radius 3 is 2.17 bits per heavy atom. The molecule has 2 aromatic heterocycles. The van der Waals surface area contributed by atoms with Gasteiger partial charge in [0.25, 0.3) is 0 Å². The molecule has 1 aromatic carbocycles. The van der Waals surface area contributed by atoms with Crippen molar-refractivity contribution in [2.75, 3.05) is 101 Å². The molecule has 4 heterocycles. The van der Waals surface area contributed by atoms with Crippen LogP contribution in [0, 0.1) is 0 Å². The van der Waals surface area contributed by atoms with Crippen molar-refractivity contribution in [3.8, 4) is 11.6 Å². The molecule has 0 aliphatic carbocycles. The van der Waals surface area contributed by atoms with Gasteiger partial charge in [0.15, 0.2) is 11.0 Å². The number of benzene rings is 1. The van der Waals surface area contributed by atoms with Crippen molar-refractivity contribution < 1.29 is 48.1 Å². The Morgan fingerprint density at radius 1 is 0.885 bits per heavy atom. The Morgan fingerprint density at radius 2 is 1.52 bits per heavy atom. The van der Waals surface area contributed by atoms with Crippen molar-refractivity contribution in [1.82, 2.24) is 15.2 Å². The van der Waals surface area contributed by atoms with Gasteiger partial charge in [0.2, 0.25) is 5.88 Å². The molecular weight excluding hydrogens is 699 g/mol. The Balaban J connectivity index is 0.826. The summed E-state index contributed by atoms with van der Waals surface area (Å²) in [6.07, 6.45) is 3.94. The quantitative estimate of drug-likeness (QED) is 0.0710. The minimum absolute atomic E-state index is 0.0984. The van der Waals surface area contributed by atoms with Crippen molar-refractivity contribution in [3.63, 3.8) is 0 Å².